The minimum Gasteiger partial charge on any atom is -0.493 e. The third-order valence-corrected chi connectivity index (χ3v) is 5.44. The van der Waals surface area contributed by atoms with Crippen molar-refractivity contribution < 1.29 is 14.2 Å². The van der Waals surface area contributed by atoms with Gasteiger partial charge in [0.25, 0.3) is 0 Å². The van der Waals surface area contributed by atoms with Crippen LogP contribution in [0.25, 0.3) is 16.5 Å². The summed E-state index contributed by atoms with van der Waals surface area (Å²) in [5, 5.41) is 1.30. The van der Waals surface area contributed by atoms with Gasteiger partial charge in [0.1, 0.15) is 0 Å². The van der Waals surface area contributed by atoms with Crippen LogP contribution in [0.4, 0.5) is 0 Å². The molecule has 2 aromatic carbocycles. The van der Waals surface area contributed by atoms with Crippen molar-refractivity contribution in [2.45, 2.75) is 19.9 Å². The van der Waals surface area contributed by atoms with Crippen LogP contribution < -0.4 is 14.2 Å². The van der Waals surface area contributed by atoms with E-state index in [4.69, 9.17) is 14.2 Å². The second-order valence-electron chi connectivity index (χ2n) is 7.22. The second kappa shape index (κ2) is 8.62. The zero-order valence-electron chi connectivity index (χ0n) is 17.3. The number of nitrogens with one attached hydrogen (secondary N) is 1. The fourth-order valence-corrected chi connectivity index (χ4v) is 4.01. The molecule has 1 N–H and O–H groups in total. The number of aromatic nitrogens is 1. The highest BCUT2D eigenvalue weighted by Gasteiger charge is 2.18. The Morgan fingerprint density at radius 1 is 1.07 bits per heavy atom. The first-order valence-corrected chi connectivity index (χ1v) is 10.1. The molecule has 0 atom stereocenters. The molecule has 0 bridgehead atoms. The third kappa shape index (κ3) is 3.96. The summed E-state index contributed by atoms with van der Waals surface area (Å²) in [5.41, 5.74) is 5.09. The molecule has 5 heteroatoms. The van der Waals surface area contributed by atoms with E-state index in [2.05, 4.69) is 46.4 Å². The Kier molecular flexibility index (Phi) is 5.76. The maximum absolute atomic E-state index is 5.71. The summed E-state index contributed by atoms with van der Waals surface area (Å²) in [6.45, 7) is 5.31. The Hall–Kier alpha value is -2.92. The lowest BCUT2D eigenvalue weighted by molar-refractivity contribution is 0.280. The number of para-hydroxylation sites is 1. The first-order valence-electron chi connectivity index (χ1n) is 10.1. The lowest BCUT2D eigenvalue weighted by Crippen LogP contribution is -2.28. The molecule has 2 heterocycles. The van der Waals surface area contributed by atoms with Crippen LogP contribution in [-0.2, 0) is 6.54 Å². The molecule has 0 saturated heterocycles. The summed E-state index contributed by atoms with van der Waals surface area (Å²) in [7, 11) is 3.33. The number of nitrogens with zero attached hydrogens (tertiary/aromatic N) is 1. The van der Waals surface area contributed by atoms with Crippen molar-refractivity contribution in [3.8, 4) is 17.2 Å². The van der Waals surface area contributed by atoms with E-state index in [9.17, 15) is 0 Å². The summed E-state index contributed by atoms with van der Waals surface area (Å²) >= 11 is 0. The van der Waals surface area contributed by atoms with E-state index in [1.165, 1.54) is 22.0 Å². The van der Waals surface area contributed by atoms with Crippen LogP contribution in [0, 0.1) is 0 Å². The predicted octanol–water partition coefficient (Wildman–Crippen LogP) is 4.87. The summed E-state index contributed by atoms with van der Waals surface area (Å²) < 4.78 is 16.8. The quantitative estimate of drug-likeness (QED) is 0.623. The first-order chi connectivity index (χ1) is 14.2. The van der Waals surface area contributed by atoms with Gasteiger partial charge in [0.05, 0.1) is 20.8 Å². The molecule has 1 aliphatic rings. The van der Waals surface area contributed by atoms with Gasteiger partial charge in [-0.3, -0.25) is 4.90 Å². The van der Waals surface area contributed by atoms with Crippen molar-refractivity contribution in [2.75, 3.05) is 33.9 Å². The van der Waals surface area contributed by atoms with Crippen molar-refractivity contribution in [3.63, 3.8) is 0 Å². The fraction of sp³-hybridized carbons (Fsp3) is 0.333. The molecule has 152 valence electrons. The largest absolute Gasteiger partial charge is 0.493 e. The molecule has 0 unspecified atom stereocenters. The molecule has 4 rings (SSSR count). The highest BCUT2D eigenvalue weighted by atomic mass is 16.5. The number of methoxy groups -OCH3 is 2. The van der Waals surface area contributed by atoms with Crippen molar-refractivity contribution in [2.24, 2.45) is 0 Å². The lowest BCUT2D eigenvalue weighted by atomic mass is 9.98. The molecule has 1 aliphatic heterocycles. The smallest absolute Gasteiger partial charge is 0.203 e. The van der Waals surface area contributed by atoms with Crippen LogP contribution in [0.5, 0.6) is 17.2 Å². The Morgan fingerprint density at radius 2 is 1.83 bits per heavy atom. The van der Waals surface area contributed by atoms with Crippen LogP contribution in [-0.4, -0.2) is 43.8 Å². The topological polar surface area (TPSA) is 46.7 Å². The number of ether oxygens (including phenoxy) is 3. The number of fused-ring (bicyclic) bond motifs is 1. The number of hydrogen-bond donors (Lipinski definition) is 1. The fourth-order valence-electron chi connectivity index (χ4n) is 4.01. The van der Waals surface area contributed by atoms with Crippen molar-refractivity contribution >= 4 is 16.5 Å². The minimum absolute atomic E-state index is 0.569. The molecule has 0 fully saturated rings. The van der Waals surface area contributed by atoms with Crippen molar-refractivity contribution in [3.05, 3.63) is 59.8 Å². The van der Waals surface area contributed by atoms with Gasteiger partial charge in [-0.1, -0.05) is 24.3 Å². The summed E-state index contributed by atoms with van der Waals surface area (Å²) in [6.07, 6.45) is 5.52. The maximum Gasteiger partial charge on any atom is 0.203 e. The monoisotopic (exact) mass is 392 g/mol. The van der Waals surface area contributed by atoms with Gasteiger partial charge < -0.3 is 19.2 Å². The molecule has 29 heavy (non-hydrogen) atoms. The molecule has 0 saturated carbocycles. The Labute approximate surface area is 171 Å². The normalized spacial score (nSPS) is 14.7. The van der Waals surface area contributed by atoms with Crippen molar-refractivity contribution in [1.82, 2.24) is 9.88 Å². The van der Waals surface area contributed by atoms with E-state index in [-0.39, 0.29) is 0 Å². The SMILES string of the molecule is CCOc1c(OC)cc(CN2CC=C(c3c[nH]c4ccccc34)CC2)cc1OC. The minimum atomic E-state index is 0.569. The van der Waals surface area contributed by atoms with Crippen LogP contribution in [0.2, 0.25) is 0 Å². The van der Waals surface area contributed by atoms with E-state index in [0.717, 1.165) is 31.6 Å². The van der Waals surface area contributed by atoms with Crippen LogP contribution in [0.15, 0.2) is 48.7 Å². The molecule has 0 spiro atoms. The molecular weight excluding hydrogens is 364 g/mol. The van der Waals surface area contributed by atoms with E-state index in [0.29, 0.717) is 23.9 Å². The Bertz CT molecular complexity index is 997. The average molecular weight is 392 g/mol. The first kappa shape index (κ1) is 19.4. The van der Waals surface area contributed by atoms with Crippen molar-refractivity contribution in [1.29, 1.82) is 0 Å². The standard InChI is InChI=1S/C24H28N2O3/c1-4-29-24-22(27-2)13-17(14-23(24)28-3)16-26-11-9-18(10-12-26)20-15-25-21-8-6-5-7-19(20)21/h5-9,13-15,25H,4,10-12,16H2,1-3H3. The van der Waals surface area contributed by atoms with Gasteiger partial charge in [-0.15, -0.1) is 0 Å². The van der Waals surface area contributed by atoms with Gasteiger partial charge >= 0.3 is 0 Å². The Morgan fingerprint density at radius 3 is 2.48 bits per heavy atom. The molecule has 0 radical (unpaired) electrons. The molecule has 5 nitrogen and oxygen atoms in total. The highest BCUT2D eigenvalue weighted by Crippen LogP contribution is 2.39. The predicted molar refractivity (Wildman–Crippen MR) is 117 cm³/mol. The van der Waals surface area contributed by atoms with Gasteiger partial charge in [0.2, 0.25) is 5.75 Å². The average Bonchev–Trinajstić information content (AvgIpc) is 3.19. The highest BCUT2D eigenvalue weighted by molar-refractivity contribution is 5.92. The van der Waals surface area contributed by atoms with E-state index in [1.807, 2.05) is 19.1 Å². The Balaban J connectivity index is 1.50. The van der Waals surface area contributed by atoms with Crippen LogP contribution in [0.3, 0.4) is 0 Å². The maximum atomic E-state index is 5.71. The number of H-pyrrole nitrogens is 1. The van der Waals surface area contributed by atoms with Gasteiger partial charge in [0, 0.05) is 42.3 Å². The summed E-state index contributed by atoms with van der Waals surface area (Å²) in [6, 6.07) is 12.6. The zero-order chi connectivity index (χ0) is 20.2. The van der Waals surface area contributed by atoms with E-state index >= 15 is 0 Å². The number of hydrogen-bond acceptors (Lipinski definition) is 4. The zero-order valence-corrected chi connectivity index (χ0v) is 17.3. The van der Waals surface area contributed by atoms with Crippen LogP contribution >= 0.6 is 0 Å². The van der Waals surface area contributed by atoms with E-state index in [1.54, 1.807) is 14.2 Å². The second-order valence-corrected chi connectivity index (χ2v) is 7.22. The third-order valence-electron chi connectivity index (χ3n) is 5.44. The molecule has 1 aromatic heterocycles. The van der Waals surface area contributed by atoms with Crippen LogP contribution in [0.1, 0.15) is 24.5 Å². The summed E-state index contributed by atoms with van der Waals surface area (Å²) in [5.74, 6) is 2.10. The summed E-state index contributed by atoms with van der Waals surface area (Å²) in [4.78, 5) is 5.82. The van der Waals surface area contributed by atoms with E-state index < -0.39 is 0 Å². The number of aromatic amines is 1. The number of rotatable bonds is 7. The lowest BCUT2D eigenvalue weighted by Gasteiger charge is -2.27. The molecular formula is C24H28N2O3. The molecule has 0 amide bonds. The van der Waals surface area contributed by atoms with Gasteiger partial charge in [-0.25, -0.2) is 0 Å². The molecule has 3 aromatic rings. The van der Waals surface area contributed by atoms with Gasteiger partial charge in [-0.05, 0) is 42.7 Å². The van der Waals surface area contributed by atoms with Gasteiger partial charge in [-0.2, -0.15) is 0 Å². The number of benzene rings is 2. The molecule has 0 aliphatic carbocycles. The van der Waals surface area contributed by atoms with Gasteiger partial charge in [0.15, 0.2) is 11.5 Å².